The molecule has 20 heavy (non-hydrogen) atoms. The van der Waals surface area contributed by atoms with Crippen molar-refractivity contribution in [3.8, 4) is 0 Å². The van der Waals surface area contributed by atoms with Crippen molar-refractivity contribution in [2.75, 3.05) is 5.73 Å². The van der Waals surface area contributed by atoms with Gasteiger partial charge in [0.05, 0.1) is 17.4 Å². The number of hydrogen-bond acceptors (Lipinski definition) is 7. The van der Waals surface area contributed by atoms with E-state index in [1.165, 1.54) is 24.0 Å². The molecule has 0 unspecified atom stereocenters. The van der Waals surface area contributed by atoms with Gasteiger partial charge in [0.1, 0.15) is 5.03 Å². The number of H-pyrrole nitrogens is 1. The summed E-state index contributed by atoms with van der Waals surface area (Å²) in [6.45, 7) is 0. The number of nitrogen functional groups attached to an aromatic ring is 1. The molecule has 0 aliphatic carbocycles. The zero-order valence-corrected chi connectivity index (χ0v) is 11.1. The molecule has 9 nitrogen and oxygen atoms in total. The standard InChI is InChI=1S/C10H10N6O3S/c1-16-10(14-7(18)8(19)15-16)20-9-5(6(12)17)2-4(11)3-13-9/h2-3H,11H2,1H3,(H2,12,17)(H,15,19). The molecule has 2 rings (SSSR count). The predicted molar refractivity (Wildman–Crippen MR) is 71.4 cm³/mol. The highest BCUT2D eigenvalue weighted by molar-refractivity contribution is 7.99. The molecule has 2 aromatic heterocycles. The van der Waals surface area contributed by atoms with Gasteiger partial charge in [-0.1, -0.05) is 0 Å². The van der Waals surface area contributed by atoms with Crippen LogP contribution in [-0.4, -0.2) is 25.7 Å². The van der Waals surface area contributed by atoms with Crippen LogP contribution >= 0.6 is 11.8 Å². The van der Waals surface area contributed by atoms with Crippen molar-refractivity contribution in [2.45, 2.75) is 10.2 Å². The number of nitrogens with one attached hydrogen (secondary N) is 1. The molecule has 0 aliphatic rings. The van der Waals surface area contributed by atoms with Crippen LogP contribution in [0.4, 0.5) is 5.69 Å². The van der Waals surface area contributed by atoms with Gasteiger partial charge in [-0.25, -0.2) is 4.98 Å². The van der Waals surface area contributed by atoms with E-state index in [2.05, 4.69) is 15.1 Å². The second kappa shape index (κ2) is 5.17. The van der Waals surface area contributed by atoms with Gasteiger partial charge >= 0.3 is 11.1 Å². The van der Waals surface area contributed by atoms with E-state index in [9.17, 15) is 14.4 Å². The fraction of sp³-hybridized carbons (Fsp3) is 0.100. The first kappa shape index (κ1) is 13.8. The zero-order chi connectivity index (χ0) is 14.9. The molecule has 0 fully saturated rings. The Balaban J connectivity index is 2.50. The number of primary amides is 1. The largest absolute Gasteiger partial charge is 0.397 e. The molecule has 0 aliphatic heterocycles. The Morgan fingerprint density at radius 1 is 1.45 bits per heavy atom. The van der Waals surface area contributed by atoms with E-state index in [1.807, 2.05) is 0 Å². The Morgan fingerprint density at radius 2 is 2.15 bits per heavy atom. The highest BCUT2D eigenvalue weighted by Gasteiger charge is 2.14. The molecule has 0 atom stereocenters. The smallest absolute Gasteiger partial charge is 0.339 e. The number of hydrogen-bond donors (Lipinski definition) is 3. The molecule has 0 saturated heterocycles. The molecule has 0 aromatic carbocycles. The average molecular weight is 294 g/mol. The maximum Gasteiger partial charge on any atom is 0.339 e. The molecule has 104 valence electrons. The number of aryl methyl sites for hydroxylation is 1. The summed E-state index contributed by atoms with van der Waals surface area (Å²) in [5.74, 6) is -0.707. The number of nitrogens with zero attached hydrogens (tertiary/aromatic N) is 3. The van der Waals surface area contributed by atoms with Crippen molar-refractivity contribution in [3.63, 3.8) is 0 Å². The van der Waals surface area contributed by atoms with Gasteiger partial charge in [-0.05, 0) is 17.8 Å². The molecule has 0 bridgehead atoms. The number of rotatable bonds is 3. The number of aromatic nitrogens is 4. The summed E-state index contributed by atoms with van der Waals surface area (Å²) in [6.07, 6.45) is 1.35. The maximum absolute atomic E-state index is 11.3. The van der Waals surface area contributed by atoms with Gasteiger partial charge in [0.2, 0.25) is 0 Å². The van der Waals surface area contributed by atoms with Crippen LogP contribution in [0.15, 0.2) is 32.0 Å². The number of aromatic amines is 1. The monoisotopic (exact) mass is 294 g/mol. The van der Waals surface area contributed by atoms with Crippen molar-refractivity contribution in [3.05, 3.63) is 38.5 Å². The SMILES string of the molecule is Cn1[nH]c(=O)c(=O)nc1Sc1ncc(N)cc1C(N)=O. The summed E-state index contributed by atoms with van der Waals surface area (Å²) in [6, 6.07) is 1.38. The van der Waals surface area contributed by atoms with Gasteiger partial charge in [0.25, 0.3) is 5.91 Å². The molecule has 0 saturated carbocycles. The number of pyridine rings is 1. The zero-order valence-electron chi connectivity index (χ0n) is 10.3. The summed E-state index contributed by atoms with van der Waals surface area (Å²) >= 11 is 0.915. The third-order valence-corrected chi connectivity index (χ3v) is 3.34. The summed E-state index contributed by atoms with van der Waals surface area (Å²) in [7, 11) is 1.50. The van der Waals surface area contributed by atoms with Crippen molar-refractivity contribution in [1.29, 1.82) is 0 Å². The van der Waals surface area contributed by atoms with E-state index in [-0.39, 0.29) is 21.4 Å². The number of carbonyl (C=O) groups excluding carboxylic acids is 1. The number of carbonyl (C=O) groups is 1. The summed E-state index contributed by atoms with van der Waals surface area (Å²) < 4.78 is 1.25. The number of nitrogens with two attached hydrogens (primary N) is 2. The molecule has 10 heteroatoms. The van der Waals surface area contributed by atoms with Crippen LogP contribution in [0.2, 0.25) is 0 Å². The van der Waals surface area contributed by atoms with Crippen molar-refractivity contribution in [2.24, 2.45) is 12.8 Å². The Bertz CT molecular complexity index is 796. The van der Waals surface area contributed by atoms with E-state index in [0.717, 1.165) is 11.8 Å². The number of anilines is 1. The van der Waals surface area contributed by atoms with Crippen molar-refractivity contribution >= 4 is 23.4 Å². The van der Waals surface area contributed by atoms with Crippen LogP contribution in [0.3, 0.4) is 0 Å². The summed E-state index contributed by atoms with van der Waals surface area (Å²) in [5.41, 5.74) is 9.40. The Morgan fingerprint density at radius 3 is 2.80 bits per heavy atom. The van der Waals surface area contributed by atoms with Gasteiger partial charge < -0.3 is 11.5 Å². The van der Waals surface area contributed by atoms with Crippen LogP contribution in [0.1, 0.15) is 10.4 Å². The van der Waals surface area contributed by atoms with Crippen LogP contribution < -0.4 is 22.6 Å². The normalized spacial score (nSPS) is 10.4. The number of amides is 1. The second-order valence-electron chi connectivity index (χ2n) is 3.79. The molecular formula is C10H10N6O3S. The van der Waals surface area contributed by atoms with Crippen molar-refractivity contribution in [1.82, 2.24) is 19.7 Å². The molecule has 0 spiro atoms. The third kappa shape index (κ3) is 2.69. The van der Waals surface area contributed by atoms with E-state index in [0.29, 0.717) is 0 Å². The molecule has 2 aromatic rings. The van der Waals surface area contributed by atoms with E-state index < -0.39 is 17.0 Å². The molecule has 2 heterocycles. The Labute approximate surface area is 116 Å². The van der Waals surface area contributed by atoms with E-state index >= 15 is 0 Å². The van der Waals surface area contributed by atoms with Gasteiger partial charge in [0, 0.05) is 7.05 Å². The third-order valence-electron chi connectivity index (χ3n) is 2.27. The van der Waals surface area contributed by atoms with Gasteiger partial charge in [-0.2, -0.15) is 4.98 Å². The lowest BCUT2D eigenvalue weighted by atomic mass is 10.2. The van der Waals surface area contributed by atoms with Crippen molar-refractivity contribution < 1.29 is 4.79 Å². The lowest BCUT2D eigenvalue weighted by Gasteiger charge is -2.08. The van der Waals surface area contributed by atoms with Gasteiger partial charge in [-0.15, -0.1) is 0 Å². The minimum Gasteiger partial charge on any atom is -0.397 e. The van der Waals surface area contributed by atoms with Crippen LogP contribution in [0.5, 0.6) is 0 Å². The summed E-state index contributed by atoms with van der Waals surface area (Å²) in [4.78, 5) is 41.2. The minimum absolute atomic E-state index is 0.107. The van der Waals surface area contributed by atoms with Crippen LogP contribution in [0.25, 0.3) is 0 Å². The van der Waals surface area contributed by atoms with Gasteiger partial charge in [-0.3, -0.25) is 24.2 Å². The van der Waals surface area contributed by atoms with Gasteiger partial charge in [0.15, 0.2) is 5.16 Å². The highest BCUT2D eigenvalue weighted by atomic mass is 32.2. The fourth-order valence-electron chi connectivity index (χ4n) is 1.36. The first-order chi connectivity index (χ1) is 9.38. The molecule has 1 amide bonds. The van der Waals surface area contributed by atoms with Crippen LogP contribution in [-0.2, 0) is 7.05 Å². The highest BCUT2D eigenvalue weighted by Crippen LogP contribution is 2.26. The maximum atomic E-state index is 11.3. The average Bonchev–Trinajstić information content (AvgIpc) is 2.37. The first-order valence-electron chi connectivity index (χ1n) is 5.29. The topological polar surface area (TPSA) is 150 Å². The van der Waals surface area contributed by atoms with E-state index in [4.69, 9.17) is 11.5 Å². The minimum atomic E-state index is -0.929. The lowest BCUT2D eigenvalue weighted by molar-refractivity contribution is 0.0997. The summed E-state index contributed by atoms with van der Waals surface area (Å²) in [5, 5.41) is 2.68. The van der Waals surface area contributed by atoms with Crippen LogP contribution in [0, 0.1) is 0 Å². The second-order valence-corrected chi connectivity index (χ2v) is 4.74. The predicted octanol–water partition coefficient (Wildman–Crippen LogP) is -1.30. The fourth-order valence-corrected chi connectivity index (χ4v) is 2.22. The molecular weight excluding hydrogens is 284 g/mol. The lowest BCUT2D eigenvalue weighted by Crippen LogP contribution is -2.33. The molecule has 0 radical (unpaired) electrons. The van der Waals surface area contributed by atoms with E-state index in [1.54, 1.807) is 0 Å². The Hall–Kier alpha value is -2.62. The quantitative estimate of drug-likeness (QED) is 0.595. The molecule has 5 N–H and O–H groups in total. The first-order valence-corrected chi connectivity index (χ1v) is 6.10. The Kier molecular flexibility index (Phi) is 3.57.